The Morgan fingerprint density at radius 3 is 2.56 bits per heavy atom. The smallest absolute Gasteiger partial charge is 0.299 e. The fraction of sp³-hybridized carbons (Fsp3) is 0.583. The summed E-state index contributed by atoms with van der Waals surface area (Å²) in [5, 5.41) is 0. The highest BCUT2D eigenvalue weighted by Gasteiger charge is 2.35. The average Bonchev–Trinajstić information content (AvgIpc) is 2.31. The maximum absolute atomic E-state index is 12.9. The molecule has 0 unspecified atom stereocenters. The Kier molecular flexibility index (Phi) is 3.85. The molecule has 0 aromatic carbocycles. The van der Waals surface area contributed by atoms with E-state index in [0.29, 0.717) is 25.9 Å². The van der Waals surface area contributed by atoms with Crippen molar-refractivity contribution in [2.45, 2.75) is 31.7 Å². The van der Waals surface area contributed by atoms with Crippen LogP contribution in [0.1, 0.15) is 24.1 Å². The second kappa shape index (κ2) is 5.22. The van der Waals surface area contributed by atoms with Gasteiger partial charge >= 0.3 is 6.18 Å². The van der Waals surface area contributed by atoms with Crippen molar-refractivity contribution in [1.82, 2.24) is 9.88 Å². The van der Waals surface area contributed by atoms with Gasteiger partial charge in [0.1, 0.15) is 11.9 Å². The zero-order chi connectivity index (χ0) is 13.2. The lowest BCUT2D eigenvalue weighted by Crippen LogP contribution is -2.34. The Hall–Kier alpha value is -1.17. The molecule has 1 saturated heterocycles. The Balaban J connectivity index is 2.10. The zero-order valence-corrected chi connectivity index (χ0v) is 9.75. The molecular formula is C12H14F4N2. The molecule has 2 nitrogen and oxygen atoms in total. The summed E-state index contributed by atoms with van der Waals surface area (Å²) >= 11 is 0. The van der Waals surface area contributed by atoms with Gasteiger partial charge in [-0.2, -0.15) is 13.2 Å². The number of alkyl halides is 4. The molecule has 2 heterocycles. The van der Waals surface area contributed by atoms with Crippen molar-refractivity contribution in [3.63, 3.8) is 0 Å². The van der Waals surface area contributed by atoms with E-state index in [1.807, 2.05) is 4.90 Å². The molecule has 0 saturated carbocycles. The number of hydrogen-bond acceptors (Lipinski definition) is 2. The number of pyridine rings is 1. The number of halogens is 4. The summed E-state index contributed by atoms with van der Waals surface area (Å²) in [7, 11) is 0. The topological polar surface area (TPSA) is 16.1 Å². The molecule has 18 heavy (non-hydrogen) atoms. The molecule has 0 aliphatic carbocycles. The molecule has 6 heteroatoms. The Morgan fingerprint density at radius 1 is 1.28 bits per heavy atom. The highest BCUT2D eigenvalue weighted by atomic mass is 19.4. The first-order valence-electron chi connectivity index (χ1n) is 5.84. The number of aromatic nitrogens is 1. The number of nitrogens with zero attached hydrogens (tertiary/aromatic N) is 2. The third-order valence-electron chi connectivity index (χ3n) is 3.07. The van der Waals surface area contributed by atoms with Crippen molar-refractivity contribution in [2.24, 2.45) is 0 Å². The van der Waals surface area contributed by atoms with Crippen molar-refractivity contribution >= 4 is 0 Å². The number of hydrogen-bond donors (Lipinski definition) is 0. The van der Waals surface area contributed by atoms with E-state index in [1.165, 1.54) is 12.1 Å². The van der Waals surface area contributed by atoms with Crippen molar-refractivity contribution in [3.8, 4) is 0 Å². The largest absolute Gasteiger partial charge is 0.433 e. The molecule has 1 aromatic rings. The summed E-state index contributed by atoms with van der Waals surface area (Å²) in [5.74, 6) is 0. The van der Waals surface area contributed by atoms with Crippen LogP contribution in [0.2, 0.25) is 0 Å². The molecule has 0 atom stereocenters. The van der Waals surface area contributed by atoms with E-state index in [-0.39, 0.29) is 12.1 Å². The fourth-order valence-corrected chi connectivity index (χ4v) is 2.12. The first-order valence-corrected chi connectivity index (χ1v) is 5.84. The predicted molar refractivity (Wildman–Crippen MR) is 58.6 cm³/mol. The summed E-state index contributed by atoms with van der Waals surface area (Å²) in [4.78, 5) is 5.24. The van der Waals surface area contributed by atoms with E-state index < -0.39 is 18.0 Å². The third-order valence-corrected chi connectivity index (χ3v) is 3.07. The molecule has 0 amide bonds. The average molecular weight is 262 g/mol. The van der Waals surface area contributed by atoms with Crippen LogP contribution >= 0.6 is 0 Å². The molecule has 1 aliphatic heterocycles. The summed E-state index contributed by atoms with van der Waals surface area (Å²) in [6.45, 7) is 1.16. The standard InChI is InChI=1S/C12H14F4N2/c13-10-3-6-18(7-4-10)8-9-2-1-5-17-11(9)12(14,15)16/h1-2,5,10H,3-4,6-8H2. The van der Waals surface area contributed by atoms with Gasteiger partial charge in [-0.25, -0.2) is 4.39 Å². The van der Waals surface area contributed by atoms with Gasteiger partial charge < -0.3 is 0 Å². The molecule has 100 valence electrons. The number of likely N-dealkylation sites (tertiary alicyclic amines) is 1. The molecule has 0 N–H and O–H groups in total. The monoisotopic (exact) mass is 262 g/mol. The lowest BCUT2D eigenvalue weighted by molar-refractivity contribution is -0.142. The van der Waals surface area contributed by atoms with Gasteiger partial charge in [-0.05, 0) is 24.5 Å². The summed E-state index contributed by atoms with van der Waals surface area (Å²) in [5.41, 5.74) is -0.685. The maximum atomic E-state index is 12.9. The van der Waals surface area contributed by atoms with Crippen LogP contribution in [0, 0.1) is 0 Å². The van der Waals surface area contributed by atoms with E-state index in [9.17, 15) is 17.6 Å². The van der Waals surface area contributed by atoms with Crippen LogP contribution in [-0.2, 0) is 12.7 Å². The summed E-state index contributed by atoms with van der Waals surface area (Å²) < 4.78 is 51.1. The second-order valence-electron chi connectivity index (χ2n) is 4.46. The van der Waals surface area contributed by atoms with Crippen LogP contribution in [0.3, 0.4) is 0 Å². The molecule has 1 fully saturated rings. The Morgan fingerprint density at radius 2 is 1.94 bits per heavy atom. The van der Waals surface area contributed by atoms with E-state index in [1.54, 1.807) is 0 Å². The quantitative estimate of drug-likeness (QED) is 0.762. The van der Waals surface area contributed by atoms with Crippen molar-refractivity contribution in [1.29, 1.82) is 0 Å². The third kappa shape index (κ3) is 3.19. The first kappa shape index (κ1) is 13.3. The van der Waals surface area contributed by atoms with Crippen LogP contribution < -0.4 is 0 Å². The highest BCUT2D eigenvalue weighted by Crippen LogP contribution is 2.31. The number of rotatable bonds is 2. The normalized spacial score (nSPS) is 19.1. The molecule has 1 aliphatic rings. The SMILES string of the molecule is FC1CCN(Cc2cccnc2C(F)(F)F)CC1. The molecule has 1 aromatic heterocycles. The molecule has 0 bridgehead atoms. The van der Waals surface area contributed by atoms with Gasteiger partial charge in [0.25, 0.3) is 0 Å². The first-order chi connectivity index (χ1) is 8.47. The lowest BCUT2D eigenvalue weighted by Gasteiger charge is -2.29. The van der Waals surface area contributed by atoms with Crippen molar-refractivity contribution in [2.75, 3.05) is 13.1 Å². The van der Waals surface area contributed by atoms with Gasteiger partial charge in [0.15, 0.2) is 0 Å². The van der Waals surface area contributed by atoms with Gasteiger partial charge in [-0.1, -0.05) is 6.07 Å². The van der Waals surface area contributed by atoms with E-state index >= 15 is 0 Å². The Bertz CT molecular complexity index is 397. The minimum atomic E-state index is -4.44. The van der Waals surface area contributed by atoms with Crippen LogP contribution in [0.5, 0.6) is 0 Å². The number of piperidine rings is 1. The van der Waals surface area contributed by atoms with Gasteiger partial charge in [0, 0.05) is 25.8 Å². The molecule has 2 rings (SSSR count). The van der Waals surface area contributed by atoms with Crippen LogP contribution in [0.4, 0.5) is 17.6 Å². The van der Waals surface area contributed by atoms with Crippen molar-refractivity contribution in [3.05, 3.63) is 29.6 Å². The summed E-state index contributed by atoms with van der Waals surface area (Å²) in [6, 6.07) is 2.92. The fourth-order valence-electron chi connectivity index (χ4n) is 2.12. The van der Waals surface area contributed by atoms with Gasteiger partial charge in [0.05, 0.1) is 0 Å². The van der Waals surface area contributed by atoms with E-state index in [2.05, 4.69) is 4.98 Å². The predicted octanol–water partition coefficient (Wildman–Crippen LogP) is 3.03. The van der Waals surface area contributed by atoms with Crippen LogP contribution in [-0.4, -0.2) is 29.1 Å². The van der Waals surface area contributed by atoms with E-state index in [4.69, 9.17) is 0 Å². The summed E-state index contributed by atoms with van der Waals surface area (Å²) in [6.07, 6.45) is -3.34. The Labute approximate surface area is 103 Å². The zero-order valence-electron chi connectivity index (χ0n) is 9.75. The lowest BCUT2D eigenvalue weighted by atomic mass is 10.1. The molecule has 0 radical (unpaired) electrons. The minimum Gasteiger partial charge on any atom is -0.299 e. The second-order valence-corrected chi connectivity index (χ2v) is 4.46. The van der Waals surface area contributed by atoms with Gasteiger partial charge in [0.2, 0.25) is 0 Å². The highest BCUT2D eigenvalue weighted by molar-refractivity contribution is 5.22. The minimum absolute atomic E-state index is 0.155. The maximum Gasteiger partial charge on any atom is 0.433 e. The van der Waals surface area contributed by atoms with Gasteiger partial charge in [-0.3, -0.25) is 9.88 Å². The van der Waals surface area contributed by atoms with E-state index in [0.717, 1.165) is 6.20 Å². The van der Waals surface area contributed by atoms with Crippen LogP contribution in [0.25, 0.3) is 0 Å². The van der Waals surface area contributed by atoms with Crippen molar-refractivity contribution < 1.29 is 17.6 Å². The van der Waals surface area contributed by atoms with Crippen LogP contribution in [0.15, 0.2) is 18.3 Å². The molecule has 0 spiro atoms. The molecular weight excluding hydrogens is 248 g/mol. The van der Waals surface area contributed by atoms with Gasteiger partial charge in [-0.15, -0.1) is 0 Å².